The van der Waals surface area contributed by atoms with Crippen LogP contribution in [0.2, 0.25) is 0 Å². The molecule has 0 saturated heterocycles. The maximum Gasteiger partial charge on any atom is 0.490 e. The third kappa shape index (κ3) is 9.11. The van der Waals surface area contributed by atoms with E-state index in [1.54, 1.807) is 36.7 Å². The Bertz CT molecular complexity index is 1790. The van der Waals surface area contributed by atoms with E-state index in [2.05, 4.69) is 40.6 Å². The quantitative estimate of drug-likeness (QED) is 0.138. The number of aromatic nitrogens is 4. The molecule has 10 nitrogen and oxygen atoms in total. The van der Waals surface area contributed by atoms with Crippen LogP contribution in [0.25, 0.3) is 32.9 Å². The molecular weight excluding hydrogens is 627 g/mol. The summed E-state index contributed by atoms with van der Waals surface area (Å²) in [5, 5.41) is 19.1. The summed E-state index contributed by atoms with van der Waals surface area (Å²) in [6.07, 6.45) is 6.54. The molecule has 0 aliphatic rings. The summed E-state index contributed by atoms with van der Waals surface area (Å²) in [5.41, 5.74) is 5.26. The van der Waals surface area contributed by atoms with Crippen molar-refractivity contribution in [2.75, 3.05) is 14.2 Å². The summed E-state index contributed by atoms with van der Waals surface area (Å²) in [4.78, 5) is 36.5. The minimum absolute atomic E-state index is 0. The number of H-pyrrole nitrogens is 2. The van der Waals surface area contributed by atoms with Crippen LogP contribution >= 0.6 is 15.9 Å². The van der Waals surface area contributed by atoms with E-state index in [0.717, 1.165) is 37.4 Å². The molecule has 0 aliphatic carbocycles. The van der Waals surface area contributed by atoms with Gasteiger partial charge in [-0.25, -0.2) is 9.59 Å². The van der Waals surface area contributed by atoms with Crippen molar-refractivity contribution < 1.29 is 29.1 Å². The van der Waals surface area contributed by atoms with Crippen LogP contribution in [0.3, 0.4) is 0 Å². The second-order valence-electron chi connectivity index (χ2n) is 8.78. The van der Waals surface area contributed by atoms with Crippen LogP contribution in [0.15, 0.2) is 102 Å². The van der Waals surface area contributed by atoms with Crippen molar-refractivity contribution >= 4 is 62.3 Å². The van der Waals surface area contributed by atoms with Gasteiger partial charge in [0, 0.05) is 62.1 Å². The highest BCUT2D eigenvalue weighted by Crippen LogP contribution is 2.24. The van der Waals surface area contributed by atoms with Crippen LogP contribution in [0.5, 0.6) is 0 Å². The number of carbonyl (C=O) groups excluding carboxylic acids is 2. The Hall–Kier alpha value is -4.78. The molecule has 2 aromatic carbocycles. The summed E-state index contributed by atoms with van der Waals surface area (Å²) in [5.74, 6) is -0.712. The second kappa shape index (κ2) is 16.8. The number of pyridine rings is 2. The fraction of sp³-hybridized carbons (Fsp3) is 0.125. The largest absolute Gasteiger partial charge is 0.490 e. The number of hydrogen-bond acceptors (Lipinski definition) is 8. The zero-order chi connectivity index (χ0) is 30.1. The number of aromatic amines is 2. The predicted molar refractivity (Wildman–Crippen MR) is 178 cm³/mol. The van der Waals surface area contributed by atoms with E-state index in [1.165, 1.54) is 20.4 Å². The first-order valence-electron chi connectivity index (χ1n) is 12.5. The fourth-order valence-electron chi connectivity index (χ4n) is 3.91. The zero-order valence-electron chi connectivity index (χ0n) is 22.6. The van der Waals surface area contributed by atoms with Gasteiger partial charge in [-0.1, -0.05) is 61.1 Å². The number of rotatable bonds is 4. The molecule has 0 atom stereocenters. The predicted octanol–water partition coefficient (Wildman–Crippen LogP) is 5.77. The molecule has 44 heavy (non-hydrogen) atoms. The van der Waals surface area contributed by atoms with Crippen molar-refractivity contribution in [1.29, 1.82) is 0 Å². The number of nitrogens with one attached hydrogen (secondary N) is 2. The van der Waals surface area contributed by atoms with Gasteiger partial charge in [0.05, 0.1) is 14.2 Å². The summed E-state index contributed by atoms with van der Waals surface area (Å²) in [6.45, 7) is 0. The lowest BCUT2D eigenvalue weighted by atomic mass is 9.82. The maximum absolute atomic E-state index is 11.5. The second-order valence-corrected chi connectivity index (χ2v) is 9.70. The molecule has 0 saturated carbocycles. The van der Waals surface area contributed by atoms with Gasteiger partial charge in [0.1, 0.15) is 11.4 Å². The molecule has 0 aliphatic heterocycles. The van der Waals surface area contributed by atoms with Gasteiger partial charge in [-0.05, 0) is 48.0 Å². The SMILES string of the molecule is C.C.COC(=O)c1cc2ccc(-c3cccnc3)cc2[nH]1.COC(=O)c1cc2ccc(Br)cc2[nH]1.OB(O)c1cccnc1. The van der Waals surface area contributed by atoms with Crippen molar-refractivity contribution in [3.63, 3.8) is 0 Å². The van der Waals surface area contributed by atoms with Gasteiger partial charge in [-0.15, -0.1) is 0 Å². The van der Waals surface area contributed by atoms with E-state index in [4.69, 9.17) is 14.8 Å². The minimum Gasteiger partial charge on any atom is -0.464 e. The van der Waals surface area contributed by atoms with Crippen LogP contribution in [0, 0.1) is 0 Å². The zero-order valence-corrected chi connectivity index (χ0v) is 24.2. The smallest absolute Gasteiger partial charge is 0.464 e. The molecule has 0 unspecified atom stereocenters. The Morgan fingerprint density at radius 2 is 1.27 bits per heavy atom. The molecule has 0 fully saturated rings. The molecule has 0 spiro atoms. The van der Waals surface area contributed by atoms with E-state index < -0.39 is 7.12 Å². The first-order valence-corrected chi connectivity index (χ1v) is 13.3. The highest BCUT2D eigenvalue weighted by atomic mass is 79.9. The van der Waals surface area contributed by atoms with Crippen molar-refractivity contribution in [3.8, 4) is 11.1 Å². The average molecular weight is 661 g/mol. The lowest BCUT2D eigenvalue weighted by Gasteiger charge is -2.00. The maximum atomic E-state index is 11.5. The number of halogens is 1. The number of nitrogens with zero attached hydrogens (tertiary/aromatic N) is 2. The standard InChI is InChI=1S/C15H12N2O2.C10H8BrNO2.C5H6BNO2.2CH4/c1-19-15(18)14-8-11-5-4-10(7-13(11)17-14)12-3-2-6-16-9-12;1-14-10(13)9-4-6-2-3-7(11)5-8(6)12-9;8-6(9)5-2-1-3-7-4-5;;/h2-9,17H,1H3;2-5,12H,1H3;1-4,8-9H;2*1H4. The Balaban J connectivity index is 0.000000240. The van der Waals surface area contributed by atoms with E-state index in [0.29, 0.717) is 16.9 Å². The van der Waals surface area contributed by atoms with Crippen LogP contribution < -0.4 is 5.46 Å². The van der Waals surface area contributed by atoms with Crippen molar-refractivity contribution in [3.05, 3.63) is 113 Å². The third-order valence-corrected chi connectivity index (χ3v) is 6.49. The summed E-state index contributed by atoms with van der Waals surface area (Å²) in [6, 6.07) is 22.5. The van der Waals surface area contributed by atoms with Gasteiger partial charge in [-0.3, -0.25) is 9.97 Å². The Labute approximate surface area is 264 Å². The molecule has 0 amide bonds. The molecular formula is C32H34BBrN4O6. The first kappa shape index (κ1) is 35.4. The Morgan fingerprint density at radius 3 is 1.75 bits per heavy atom. The summed E-state index contributed by atoms with van der Waals surface area (Å²) in [7, 11) is 1.33. The molecule has 4 N–H and O–H groups in total. The number of ether oxygens (including phenoxy) is 2. The van der Waals surface area contributed by atoms with Crippen LogP contribution in [-0.2, 0) is 9.47 Å². The first-order chi connectivity index (χ1) is 20.3. The van der Waals surface area contributed by atoms with Gasteiger partial charge < -0.3 is 29.5 Å². The number of benzene rings is 2. The molecule has 12 heteroatoms. The number of methoxy groups -OCH3 is 2. The topological polar surface area (TPSA) is 150 Å². The van der Waals surface area contributed by atoms with Crippen molar-refractivity contribution in [1.82, 2.24) is 19.9 Å². The highest BCUT2D eigenvalue weighted by Gasteiger charge is 2.11. The normalized spacial score (nSPS) is 9.75. The molecule has 4 aromatic heterocycles. The lowest BCUT2D eigenvalue weighted by Crippen LogP contribution is -2.29. The van der Waals surface area contributed by atoms with E-state index in [-0.39, 0.29) is 26.8 Å². The molecule has 0 bridgehead atoms. The Morgan fingerprint density at radius 1 is 0.727 bits per heavy atom. The molecule has 6 rings (SSSR count). The van der Waals surface area contributed by atoms with Gasteiger partial charge in [0.15, 0.2) is 0 Å². The van der Waals surface area contributed by atoms with E-state index in [1.807, 2.05) is 54.7 Å². The van der Waals surface area contributed by atoms with Crippen LogP contribution in [0.4, 0.5) is 0 Å². The van der Waals surface area contributed by atoms with Gasteiger partial charge >= 0.3 is 19.1 Å². The van der Waals surface area contributed by atoms with E-state index in [9.17, 15) is 9.59 Å². The third-order valence-electron chi connectivity index (χ3n) is 6.00. The summed E-state index contributed by atoms with van der Waals surface area (Å²) < 4.78 is 10.3. The van der Waals surface area contributed by atoms with Crippen molar-refractivity contribution in [2.45, 2.75) is 14.9 Å². The van der Waals surface area contributed by atoms with Gasteiger partial charge in [0.2, 0.25) is 0 Å². The highest BCUT2D eigenvalue weighted by molar-refractivity contribution is 9.10. The molecule has 6 aromatic rings. The minimum atomic E-state index is -1.40. The van der Waals surface area contributed by atoms with Crippen LogP contribution in [0.1, 0.15) is 35.8 Å². The molecule has 228 valence electrons. The fourth-order valence-corrected chi connectivity index (χ4v) is 4.27. The lowest BCUT2D eigenvalue weighted by molar-refractivity contribution is 0.0586. The van der Waals surface area contributed by atoms with Gasteiger partial charge in [-0.2, -0.15) is 0 Å². The van der Waals surface area contributed by atoms with E-state index >= 15 is 0 Å². The van der Waals surface area contributed by atoms with Crippen LogP contribution in [-0.4, -0.2) is 63.3 Å². The number of fused-ring (bicyclic) bond motifs is 2. The van der Waals surface area contributed by atoms with Gasteiger partial charge in [0.25, 0.3) is 0 Å². The van der Waals surface area contributed by atoms with Crippen molar-refractivity contribution in [2.24, 2.45) is 0 Å². The monoisotopic (exact) mass is 660 g/mol. The number of esters is 2. The summed E-state index contributed by atoms with van der Waals surface area (Å²) >= 11 is 3.36. The molecule has 0 radical (unpaired) electrons. The average Bonchev–Trinajstić information content (AvgIpc) is 3.65. The molecule has 4 heterocycles. The number of hydrogen-bond donors (Lipinski definition) is 4. The number of carbonyl (C=O) groups is 2. The Kier molecular flexibility index (Phi) is 13.5.